The number of rotatable bonds is 9. The number of hydrogen-bond donors (Lipinski definition) is 1. The summed E-state index contributed by atoms with van der Waals surface area (Å²) < 4.78 is 0. The van der Waals surface area contributed by atoms with Gasteiger partial charge < -0.3 is 10.6 Å². The van der Waals surface area contributed by atoms with E-state index in [1.807, 2.05) is 11.8 Å². The van der Waals surface area contributed by atoms with E-state index in [0.717, 1.165) is 12.5 Å². The summed E-state index contributed by atoms with van der Waals surface area (Å²) >= 11 is 2.01. The third kappa shape index (κ3) is 8.12. The van der Waals surface area contributed by atoms with Gasteiger partial charge in [-0.05, 0) is 43.9 Å². The second-order valence-corrected chi connectivity index (χ2v) is 5.93. The molecule has 15 heavy (non-hydrogen) atoms. The van der Waals surface area contributed by atoms with Crippen molar-refractivity contribution in [3.63, 3.8) is 0 Å². The Morgan fingerprint density at radius 1 is 1.27 bits per heavy atom. The van der Waals surface area contributed by atoms with Crippen LogP contribution in [0.1, 0.15) is 33.6 Å². The Hall–Kier alpha value is 0.270. The molecule has 0 radical (unpaired) electrons. The molecule has 0 aliphatic heterocycles. The van der Waals surface area contributed by atoms with E-state index in [2.05, 4.69) is 32.7 Å². The van der Waals surface area contributed by atoms with Crippen LogP contribution in [0.4, 0.5) is 0 Å². The van der Waals surface area contributed by atoms with Crippen LogP contribution < -0.4 is 5.73 Å². The minimum atomic E-state index is 0.572. The maximum absolute atomic E-state index is 5.81. The molecule has 92 valence electrons. The Labute approximate surface area is 100.0 Å². The highest BCUT2D eigenvalue weighted by Crippen LogP contribution is 2.09. The van der Waals surface area contributed by atoms with Gasteiger partial charge >= 0.3 is 0 Å². The molecule has 2 N–H and O–H groups in total. The van der Waals surface area contributed by atoms with Crippen LogP contribution in [-0.2, 0) is 0 Å². The average molecular weight is 232 g/mol. The quantitative estimate of drug-likeness (QED) is 0.619. The molecule has 0 aromatic carbocycles. The summed E-state index contributed by atoms with van der Waals surface area (Å²) in [5.74, 6) is 3.24. The van der Waals surface area contributed by atoms with Gasteiger partial charge in [-0.3, -0.25) is 0 Å². The molecule has 1 atom stereocenters. The molecule has 0 saturated carbocycles. The lowest BCUT2D eigenvalue weighted by molar-refractivity contribution is 0.229. The van der Waals surface area contributed by atoms with Crippen LogP contribution in [0.3, 0.4) is 0 Å². The smallest absolute Gasteiger partial charge is 0.0223 e. The average Bonchev–Trinajstić information content (AvgIpc) is 2.21. The summed E-state index contributed by atoms with van der Waals surface area (Å²) in [6.45, 7) is 8.73. The standard InChI is InChI=1S/C12H28N2S/c1-5-15-9-7-12(10-13)14(4)8-6-11(2)3/h11-12H,5-10,13H2,1-4H3. The van der Waals surface area contributed by atoms with Crippen molar-refractivity contribution >= 4 is 11.8 Å². The van der Waals surface area contributed by atoms with Crippen molar-refractivity contribution in [3.8, 4) is 0 Å². The fourth-order valence-electron chi connectivity index (χ4n) is 1.53. The molecule has 0 aromatic heterocycles. The van der Waals surface area contributed by atoms with Crippen molar-refractivity contribution < 1.29 is 0 Å². The van der Waals surface area contributed by atoms with Gasteiger partial charge in [0.15, 0.2) is 0 Å². The molecule has 1 unspecified atom stereocenters. The molecule has 0 aromatic rings. The lowest BCUT2D eigenvalue weighted by Gasteiger charge is -2.27. The maximum Gasteiger partial charge on any atom is 0.0223 e. The molecule has 0 amide bonds. The fourth-order valence-corrected chi connectivity index (χ4v) is 2.25. The molecule has 2 nitrogen and oxygen atoms in total. The molecule has 0 spiro atoms. The first-order valence-corrected chi connectivity index (χ1v) is 7.25. The van der Waals surface area contributed by atoms with E-state index in [0.29, 0.717) is 6.04 Å². The van der Waals surface area contributed by atoms with E-state index >= 15 is 0 Å². The molecule has 0 saturated heterocycles. The van der Waals surface area contributed by atoms with Gasteiger partial charge in [-0.15, -0.1) is 0 Å². The summed E-state index contributed by atoms with van der Waals surface area (Å²) in [5.41, 5.74) is 5.81. The number of likely N-dealkylation sites (N-methyl/N-ethyl adjacent to an activating group) is 1. The lowest BCUT2D eigenvalue weighted by atomic mass is 10.1. The van der Waals surface area contributed by atoms with Crippen molar-refractivity contribution in [2.75, 3.05) is 31.6 Å². The minimum Gasteiger partial charge on any atom is -0.329 e. The minimum absolute atomic E-state index is 0.572. The zero-order valence-electron chi connectivity index (χ0n) is 10.8. The highest BCUT2D eigenvalue weighted by Gasteiger charge is 2.12. The van der Waals surface area contributed by atoms with Crippen LogP contribution in [0.2, 0.25) is 0 Å². The fraction of sp³-hybridized carbons (Fsp3) is 1.00. The van der Waals surface area contributed by atoms with Crippen molar-refractivity contribution in [2.24, 2.45) is 11.7 Å². The van der Waals surface area contributed by atoms with E-state index in [1.165, 1.54) is 30.9 Å². The SMILES string of the molecule is CCSCCC(CN)N(C)CCC(C)C. The molecular weight excluding hydrogens is 204 g/mol. The molecule has 0 rings (SSSR count). The topological polar surface area (TPSA) is 29.3 Å². The van der Waals surface area contributed by atoms with Crippen LogP contribution >= 0.6 is 11.8 Å². The van der Waals surface area contributed by atoms with Gasteiger partial charge in [0.1, 0.15) is 0 Å². The molecule has 0 bridgehead atoms. The Kier molecular flexibility index (Phi) is 9.66. The predicted octanol–water partition coefficient (Wildman–Crippen LogP) is 2.43. The Balaban J connectivity index is 3.72. The van der Waals surface area contributed by atoms with E-state index in [4.69, 9.17) is 5.73 Å². The van der Waals surface area contributed by atoms with Gasteiger partial charge in [-0.25, -0.2) is 0 Å². The number of nitrogens with two attached hydrogens (primary N) is 1. The van der Waals surface area contributed by atoms with Crippen molar-refractivity contribution in [3.05, 3.63) is 0 Å². The second-order valence-electron chi connectivity index (χ2n) is 4.54. The van der Waals surface area contributed by atoms with Gasteiger partial charge in [0.05, 0.1) is 0 Å². The molecule has 0 fully saturated rings. The summed E-state index contributed by atoms with van der Waals surface area (Å²) in [7, 11) is 2.20. The first-order chi connectivity index (χ1) is 7.11. The summed E-state index contributed by atoms with van der Waals surface area (Å²) in [6.07, 6.45) is 2.50. The van der Waals surface area contributed by atoms with Gasteiger partial charge in [-0.1, -0.05) is 20.8 Å². The van der Waals surface area contributed by atoms with Gasteiger partial charge in [0, 0.05) is 12.6 Å². The van der Waals surface area contributed by atoms with Crippen LogP contribution in [0.25, 0.3) is 0 Å². The van der Waals surface area contributed by atoms with E-state index in [-0.39, 0.29) is 0 Å². The zero-order valence-corrected chi connectivity index (χ0v) is 11.6. The van der Waals surface area contributed by atoms with E-state index < -0.39 is 0 Å². The van der Waals surface area contributed by atoms with Crippen molar-refractivity contribution in [2.45, 2.75) is 39.7 Å². The third-order valence-electron chi connectivity index (χ3n) is 2.75. The van der Waals surface area contributed by atoms with Crippen LogP contribution in [0.5, 0.6) is 0 Å². The summed E-state index contributed by atoms with van der Waals surface area (Å²) in [6, 6.07) is 0.572. The Morgan fingerprint density at radius 2 is 1.93 bits per heavy atom. The summed E-state index contributed by atoms with van der Waals surface area (Å²) in [4.78, 5) is 2.43. The number of thioether (sulfide) groups is 1. The summed E-state index contributed by atoms with van der Waals surface area (Å²) in [5, 5.41) is 0. The number of hydrogen-bond acceptors (Lipinski definition) is 3. The molecular formula is C12H28N2S. The second kappa shape index (κ2) is 9.49. The van der Waals surface area contributed by atoms with Gasteiger partial charge in [-0.2, -0.15) is 11.8 Å². The normalized spacial score (nSPS) is 13.8. The van der Waals surface area contributed by atoms with E-state index in [9.17, 15) is 0 Å². The lowest BCUT2D eigenvalue weighted by Crippen LogP contribution is -2.39. The monoisotopic (exact) mass is 232 g/mol. The highest BCUT2D eigenvalue weighted by molar-refractivity contribution is 7.99. The molecule has 0 aliphatic rings. The molecule has 3 heteroatoms. The Morgan fingerprint density at radius 3 is 2.40 bits per heavy atom. The van der Waals surface area contributed by atoms with Crippen molar-refractivity contribution in [1.82, 2.24) is 4.90 Å². The van der Waals surface area contributed by atoms with Crippen LogP contribution in [-0.4, -0.2) is 42.6 Å². The molecule has 0 aliphatic carbocycles. The Bertz CT molecular complexity index is 140. The van der Waals surface area contributed by atoms with Crippen molar-refractivity contribution in [1.29, 1.82) is 0 Å². The third-order valence-corrected chi connectivity index (χ3v) is 3.69. The van der Waals surface area contributed by atoms with Gasteiger partial charge in [0.2, 0.25) is 0 Å². The van der Waals surface area contributed by atoms with Gasteiger partial charge in [0.25, 0.3) is 0 Å². The molecule has 0 heterocycles. The van der Waals surface area contributed by atoms with Crippen LogP contribution in [0.15, 0.2) is 0 Å². The number of nitrogens with zero attached hydrogens (tertiary/aromatic N) is 1. The zero-order chi connectivity index (χ0) is 11.7. The predicted molar refractivity (Wildman–Crippen MR) is 72.5 cm³/mol. The highest BCUT2D eigenvalue weighted by atomic mass is 32.2. The van der Waals surface area contributed by atoms with E-state index in [1.54, 1.807) is 0 Å². The first kappa shape index (κ1) is 15.3. The first-order valence-electron chi connectivity index (χ1n) is 6.09. The maximum atomic E-state index is 5.81. The largest absolute Gasteiger partial charge is 0.329 e. The van der Waals surface area contributed by atoms with Crippen LogP contribution in [0, 0.1) is 5.92 Å².